The smallest absolute Gasteiger partial charge is 0.330 e. The molecule has 0 radical (unpaired) electrons. The van der Waals surface area contributed by atoms with Gasteiger partial charge in [-0.3, -0.25) is 9.59 Å². The fourth-order valence-electron chi connectivity index (χ4n) is 3.50. The first-order chi connectivity index (χ1) is 12.5. The Morgan fingerprint density at radius 3 is 2.81 bits per heavy atom. The second kappa shape index (κ2) is 8.16. The Bertz CT molecular complexity index is 663. The molecule has 0 spiro atoms. The van der Waals surface area contributed by atoms with Crippen molar-refractivity contribution >= 4 is 29.5 Å². The van der Waals surface area contributed by atoms with Gasteiger partial charge in [0.05, 0.1) is 6.26 Å². The summed E-state index contributed by atoms with van der Waals surface area (Å²) in [5.41, 5.74) is 0. The Kier molecular flexibility index (Phi) is 5.90. The number of amides is 2. The van der Waals surface area contributed by atoms with Gasteiger partial charge in [0, 0.05) is 25.3 Å². The number of hydrogen-bond donors (Lipinski definition) is 0. The lowest BCUT2D eigenvalue weighted by Gasteiger charge is -2.33. The van der Waals surface area contributed by atoms with Gasteiger partial charge >= 0.3 is 5.97 Å². The first-order valence-corrected chi connectivity index (χ1v) is 9.94. The standard InChI is InChI=1S/C18H24N2O5S/c1-12-6-3-4-8-19(12)16(22)10-25-18(23)14-11-26-17(20(14)13(2)21)15-7-5-9-24-15/h5,7,9,12,14,17H,3-4,6,8,10-11H2,1-2H3/t12-,14-,17+/m0/s1. The van der Waals surface area contributed by atoms with Crippen LogP contribution in [-0.2, 0) is 19.1 Å². The first kappa shape index (κ1) is 18.8. The monoisotopic (exact) mass is 380 g/mol. The number of piperidine rings is 1. The fraction of sp³-hybridized carbons (Fsp3) is 0.611. The highest BCUT2D eigenvalue weighted by atomic mass is 32.2. The van der Waals surface area contributed by atoms with Gasteiger partial charge in [-0.1, -0.05) is 0 Å². The van der Waals surface area contributed by atoms with Crippen molar-refractivity contribution in [3.05, 3.63) is 24.2 Å². The molecular formula is C18H24N2O5S. The van der Waals surface area contributed by atoms with Gasteiger partial charge in [-0.05, 0) is 38.3 Å². The van der Waals surface area contributed by atoms with E-state index in [9.17, 15) is 14.4 Å². The van der Waals surface area contributed by atoms with Gasteiger partial charge in [-0.2, -0.15) is 0 Å². The molecule has 2 saturated heterocycles. The maximum absolute atomic E-state index is 12.5. The number of carbonyl (C=O) groups excluding carboxylic acids is 3. The van der Waals surface area contributed by atoms with Gasteiger partial charge in [0.15, 0.2) is 6.61 Å². The largest absolute Gasteiger partial charge is 0.466 e. The zero-order chi connectivity index (χ0) is 18.7. The maximum atomic E-state index is 12.5. The summed E-state index contributed by atoms with van der Waals surface area (Å²) in [4.78, 5) is 40.2. The molecule has 2 amide bonds. The third-order valence-electron chi connectivity index (χ3n) is 4.88. The van der Waals surface area contributed by atoms with E-state index >= 15 is 0 Å². The molecule has 0 aromatic carbocycles. The number of likely N-dealkylation sites (tertiary alicyclic amines) is 1. The van der Waals surface area contributed by atoms with Gasteiger partial charge in [0.2, 0.25) is 5.91 Å². The van der Waals surface area contributed by atoms with Crippen LogP contribution in [0.4, 0.5) is 0 Å². The summed E-state index contributed by atoms with van der Waals surface area (Å²) in [6.45, 7) is 3.86. The quantitative estimate of drug-likeness (QED) is 0.745. The van der Waals surface area contributed by atoms with Crippen LogP contribution in [0.2, 0.25) is 0 Å². The molecule has 1 aromatic rings. The van der Waals surface area contributed by atoms with Gasteiger partial charge in [-0.25, -0.2) is 4.79 Å². The summed E-state index contributed by atoms with van der Waals surface area (Å²) >= 11 is 1.45. The van der Waals surface area contributed by atoms with E-state index in [2.05, 4.69) is 0 Å². The number of furan rings is 1. The summed E-state index contributed by atoms with van der Waals surface area (Å²) < 4.78 is 10.7. The van der Waals surface area contributed by atoms with Crippen molar-refractivity contribution in [3.63, 3.8) is 0 Å². The number of carbonyl (C=O) groups is 3. The van der Waals surface area contributed by atoms with Crippen molar-refractivity contribution in [2.75, 3.05) is 18.9 Å². The topological polar surface area (TPSA) is 80.1 Å². The van der Waals surface area contributed by atoms with E-state index in [1.807, 2.05) is 6.92 Å². The van der Waals surface area contributed by atoms with Crippen LogP contribution in [-0.4, -0.2) is 58.6 Å². The zero-order valence-corrected chi connectivity index (χ0v) is 15.9. The molecule has 0 N–H and O–H groups in total. The van der Waals surface area contributed by atoms with Crippen molar-refractivity contribution in [1.29, 1.82) is 0 Å². The molecule has 2 aliphatic rings. The third-order valence-corrected chi connectivity index (χ3v) is 6.17. The van der Waals surface area contributed by atoms with Crippen LogP contribution in [0.15, 0.2) is 22.8 Å². The second-order valence-electron chi connectivity index (χ2n) is 6.68. The predicted octanol–water partition coefficient (Wildman–Crippen LogP) is 2.19. The van der Waals surface area contributed by atoms with Crippen LogP contribution < -0.4 is 0 Å². The van der Waals surface area contributed by atoms with Gasteiger partial charge in [0.1, 0.15) is 17.2 Å². The molecular weight excluding hydrogens is 356 g/mol. The number of ether oxygens (including phenoxy) is 1. The van der Waals surface area contributed by atoms with Crippen LogP contribution in [0.3, 0.4) is 0 Å². The molecule has 8 heteroatoms. The summed E-state index contributed by atoms with van der Waals surface area (Å²) in [5.74, 6) is 0.0962. The second-order valence-corrected chi connectivity index (χ2v) is 7.80. The molecule has 3 heterocycles. The lowest BCUT2D eigenvalue weighted by atomic mass is 10.0. The Morgan fingerprint density at radius 2 is 2.15 bits per heavy atom. The molecule has 0 bridgehead atoms. The highest BCUT2D eigenvalue weighted by Crippen LogP contribution is 2.41. The molecule has 0 unspecified atom stereocenters. The Balaban J connectivity index is 1.60. The predicted molar refractivity (Wildman–Crippen MR) is 96.2 cm³/mol. The number of hydrogen-bond acceptors (Lipinski definition) is 6. The Morgan fingerprint density at radius 1 is 1.35 bits per heavy atom. The fourth-order valence-corrected chi connectivity index (χ4v) is 4.92. The van der Waals surface area contributed by atoms with Crippen molar-refractivity contribution in [2.24, 2.45) is 0 Å². The number of rotatable bonds is 4. The molecule has 26 heavy (non-hydrogen) atoms. The summed E-state index contributed by atoms with van der Waals surface area (Å²) in [7, 11) is 0. The van der Waals surface area contributed by atoms with E-state index < -0.39 is 12.0 Å². The van der Waals surface area contributed by atoms with Crippen LogP contribution >= 0.6 is 11.8 Å². The SMILES string of the molecule is CC(=O)N1[C@@H](c2ccco2)SC[C@H]1C(=O)OCC(=O)N1CCCC[C@@H]1C. The highest BCUT2D eigenvalue weighted by molar-refractivity contribution is 7.99. The third kappa shape index (κ3) is 3.90. The van der Waals surface area contributed by atoms with Crippen LogP contribution in [0.1, 0.15) is 44.2 Å². The number of esters is 1. The lowest BCUT2D eigenvalue weighted by Crippen LogP contribution is -2.46. The average Bonchev–Trinajstić information content (AvgIpc) is 3.28. The minimum Gasteiger partial charge on any atom is -0.466 e. The maximum Gasteiger partial charge on any atom is 0.330 e. The van der Waals surface area contributed by atoms with Crippen molar-refractivity contribution < 1.29 is 23.5 Å². The molecule has 7 nitrogen and oxygen atoms in total. The normalized spacial score (nSPS) is 26.0. The highest BCUT2D eigenvalue weighted by Gasteiger charge is 2.43. The minimum absolute atomic E-state index is 0.173. The molecule has 2 fully saturated rings. The summed E-state index contributed by atoms with van der Waals surface area (Å²) in [5, 5.41) is -0.349. The summed E-state index contributed by atoms with van der Waals surface area (Å²) in [6.07, 6.45) is 4.61. The van der Waals surface area contributed by atoms with Crippen LogP contribution in [0, 0.1) is 0 Å². The van der Waals surface area contributed by atoms with Gasteiger partial charge in [0.25, 0.3) is 5.91 Å². The zero-order valence-electron chi connectivity index (χ0n) is 15.1. The van der Waals surface area contributed by atoms with E-state index in [0.29, 0.717) is 18.1 Å². The van der Waals surface area contributed by atoms with Crippen LogP contribution in [0.25, 0.3) is 0 Å². The van der Waals surface area contributed by atoms with Crippen molar-refractivity contribution in [3.8, 4) is 0 Å². The molecule has 3 atom stereocenters. The van der Waals surface area contributed by atoms with Crippen LogP contribution in [0.5, 0.6) is 0 Å². The molecule has 1 aromatic heterocycles. The average molecular weight is 380 g/mol. The number of thioether (sulfide) groups is 1. The first-order valence-electron chi connectivity index (χ1n) is 8.89. The molecule has 2 aliphatic heterocycles. The van der Waals surface area contributed by atoms with E-state index in [0.717, 1.165) is 19.3 Å². The van der Waals surface area contributed by atoms with E-state index in [4.69, 9.17) is 9.15 Å². The Hall–Kier alpha value is -1.96. The van der Waals surface area contributed by atoms with E-state index in [-0.39, 0.29) is 29.8 Å². The molecule has 0 aliphatic carbocycles. The summed E-state index contributed by atoms with van der Waals surface area (Å²) in [6, 6.07) is 2.99. The number of nitrogens with zero attached hydrogens (tertiary/aromatic N) is 2. The Labute approximate surface area is 157 Å². The van der Waals surface area contributed by atoms with Gasteiger partial charge < -0.3 is 19.0 Å². The molecule has 0 saturated carbocycles. The van der Waals surface area contributed by atoms with Crippen molar-refractivity contribution in [1.82, 2.24) is 9.80 Å². The molecule has 142 valence electrons. The minimum atomic E-state index is -0.709. The lowest BCUT2D eigenvalue weighted by molar-refractivity contribution is -0.159. The van der Waals surface area contributed by atoms with Crippen molar-refractivity contribution in [2.45, 2.75) is 50.6 Å². The van der Waals surface area contributed by atoms with E-state index in [1.54, 1.807) is 17.0 Å². The van der Waals surface area contributed by atoms with Gasteiger partial charge in [-0.15, -0.1) is 11.8 Å². The van der Waals surface area contributed by atoms with E-state index in [1.165, 1.54) is 29.8 Å². The molecule has 3 rings (SSSR count).